The van der Waals surface area contributed by atoms with Gasteiger partial charge in [0.25, 0.3) is 5.91 Å². The maximum atomic E-state index is 11.9. The van der Waals surface area contributed by atoms with E-state index in [2.05, 4.69) is 15.6 Å². The lowest BCUT2D eigenvalue weighted by Gasteiger charge is -2.24. The average molecular weight is 235 g/mol. The normalized spacial score (nSPS) is 21.8. The summed E-state index contributed by atoms with van der Waals surface area (Å²) in [6.45, 7) is 3.90. The smallest absolute Gasteiger partial charge is 0.250 e. The van der Waals surface area contributed by atoms with Crippen molar-refractivity contribution in [2.75, 3.05) is 19.7 Å². The predicted octanol–water partition coefficient (Wildman–Crippen LogP) is 0.247. The summed E-state index contributed by atoms with van der Waals surface area (Å²) in [6.07, 6.45) is 3.08. The highest BCUT2D eigenvalue weighted by Crippen LogP contribution is 2.10. The number of morpholine rings is 1. The number of hydrogen-bond acceptors (Lipinski definition) is 4. The standard InChI is InChI=1S/C12H17N3O2/c1-9(10-3-2-4-13-7-10)15-12(16)11-8-14-5-6-17-11/h2-4,7,9,11,14H,5-6,8H2,1H3,(H,15,16)/t9-,11?/m0/s1. The number of pyridine rings is 1. The van der Waals surface area contributed by atoms with E-state index in [9.17, 15) is 4.79 Å². The topological polar surface area (TPSA) is 63.2 Å². The molecule has 0 aliphatic carbocycles. The van der Waals surface area contributed by atoms with Crippen molar-refractivity contribution in [3.05, 3.63) is 30.1 Å². The molecule has 1 aliphatic heterocycles. The van der Waals surface area contributed by atoms with Gasteiger partial charge in [0.1, 0.15) is 6.10 Å². The Morgan fingerprint density at radius 3 is 3.24 bits per heavy atom. The van der Waals surface area contributed by atoms with Crippen molar-refractivity contribution in [2.45, 2.75) is 19.1 Å². The molecule has 5 heteroatoms. The monoisotopic (exact) mass is 235 g/mol. The van der Waals surface area contributed by atoms with Crippen molar-refractivity contribution in [2.24, 2.45) is 0 Å². The van der Waals surface area contributed by atoms with Gasteiger partial charge in [-0.3, -0.25) is 9.78 Å². The molecule has 0 radical (unpaired) electrons. The lowest BCUT2D eigenvalue weighted by atomic mass is 10.1. The lowest BCUT2D eigenvalue weighted by molar-refractivity contribution is -0.134. The van der Waals surface area contributed by atoms with E-state index in [1.54, 1.807) is 12.4 Å². The molecule has 2 heterocycles. The zero-order chi connectivity index (χ0) is 12.1. The predicted molar refractivity (Wildman–Crippen MR) is 63.4 cm³/mol. The van der Waals surface area contributed by atoms with E-state index in [4.69, 9.17) is 4.74 Å². The largest absolute Gasteiger partial charge is 0.366 e. The van der Waals surface area contributed by atoms with E-state index in [1.807, 2.05) is 19.1 Å². The molecule has 2 rings (SSSR count). The second kappa shape index (κ2) is 5.75. The Hall–Kier alpha value is -1.46. The lowest BCUT2D eigenvalue weighted by Crippen LogP contribution is -2.48. The molecule has 1 aromatic rings. The van der Waals surface area contributed by atoms with Crippen LogP contribution in [0.15, 0.2) is 24.5 Å². The number of aromatic nitrogens is 1. The Bertz CT molecular complexity index is 363. The van der Waals surface area contributed by atoms with Crippen LogP contribution in [0.25, 0.3) is 0 Å². The van der Waals surface area contributed by atoms with Gasteiger partial charge < -0.3 is 15.4 Å². The summed E-state index contributed by atoms with van der Waals surface area (Å²) >= 11 is 0. The minimum absolute atomic E-state index is 0.0540. The number of carbonyl (C=O) groups excluding carboxylic acids is 1. The van der Waals surface area contributed by atoms with E-state index in [1.165, 1.54) is 0 Å². The van der Waals surface area contributed by atoms with Crippen LogP contribution < -0.4 is 10.6 Å². The molecule has 2 atom stereocenters. The molecule has 1 amide bonds. The molecule has 0 bridgehead atoms. The van der Waals surface area contributed by atoms with E-state index < -0.39 is 0 Å². The number of nitrogens with one attached hydrogen (secondary N) is 2. The van der Waals surface area contributed by atoms with Crippen LogP contribution in [0.4, 0.5) is 0 Å². The molecule has 1 aromatic heterocycles. The van der Waals surface area contributed by atoms with Gasteiger partial charge in [-0.2, -0.15) is 0 Å². The van der Waals surface area contributed by atoms with Gasteiger partial charge in [0.05, 0.1) is 12.6 Å². The summed E-state index contributed by atoms with van der Waals surface area (Å²) in [5.41, 5.74) is 0.990. The molecular weight excluding hydrogens is 218 g/mol. The summed E-state index contributed by atoms with van der Waals surface area (Å²) < 4.78 is 5.39. The molecule has 1 aliphatic rings. The second-order valence-corrected chi connectivity index (χ2v) is 4.08. The molecule has 0 spiro atoms. The molecule has 0 aromatic carbocycles. The zero-order valence-corrected chi connectivity index (χ0v) is 9.85. The maximum Gasteiger partial charge on any atom is 0.250 e. The Labute approximate surface area is 101 Å². The molecule has 0 saturated carbocycles. The van der Waals surface area contributed by atoms with Crippen molar-refractivity contribution in [1.29, 1.82) is 0 Å². The fourth-order valence-corrected chi connectivity index (χ4v) is 1.76. The van der Waals surface area contributed by atoms with E-state index in [0.29, 0.717) is 13.2 Å². The van der Waals surface area contributed by atoms with Crippen LogP contribution in [-0.4, -0.2) is 36.7 Å². The van der Waals surface area contributed by atoms with Crippen LogP contribution in [-0.2, 0) is 9.53 Å². The first-order valence-corrected chi connectivity index (χ1v) is 5.80. The van der Waals surface area contributed by atoms with Crippen molar-refractivity contribution < 1.29 is 9.53 Å². The first kappa shape index (κ1) is 12.0. The van der Waals surface area contributed by atoms with Gasteiger partial charge in [-0.25, -0.2) is 0 Å². The van der Waals surface area contributed by atoms with E-state index in [-0.39, 0.29) is 18.1 Å². The molecule has 92 valence electrons. The van der Waals surface area contributed by atoms with E-state index in [0.717, 1.165) is 12.1 Å². The average Bonchev–Trinajstić information content (AvgIpc) is 2.40. The van der Waals surface area contributed by atoms with Crippen LogP contribution in [0.1, 0.15) is 18.5 Å². The van der Waals surface area contributed by atoms with E-state index >= 15 is 0 Å². The molecule has 17 heavy (non-hydrogen) atoms. The minimum Gasteiger partial charge on any atom is -0.366 e. The summed E-state index contributed by atoms with van der Waals surface area (Å²) in [5, 5.41) is 6.05. The third-order valence-electron chi connectivity index (χ3n) is 2.76. The molecule has 1 fully saturated rings. The third-order valence-corrected chi connectivity index (χ3v) is 2.76. The number of hydrogen-bond donors (Lipinski definition) is 2. The maximum absolute atomic E-state index is 11.9. The van der Waals surface area contributed by atoms with Gasteiger partial charge >= 0.3 is 0 Å². The summed E-state index contributed by atoms with van der Waals surface area (Å²) in [5.74, 6) is -0.0754. The van der Waals surface area contributed by atoms with Gasteiger partial charge in [0.2, 0.25) is 0 Å². The van der Waals surface area contributed by atoms with Gasteiger partial charge in [-0.05, 0) is 18.6 Å². The van der Waals surface area contributed by atoms with Crippen molar-refractivity contribution >= 4 is 5.91 Å². The van der Waals surface area contributed by atoms with Gasteiger partial charge in [-0.1, -0.05) is 6.07 Å². The number of nitrogens with zero attached hydrogens (tertiary/aromatic N) is 1. The van der Waals surface area contributed by atoms with Crippen LogP contribution in [0, 0.1) is 0 Å². The fraction of sp³-hybridized carbons (Fsp3) is 0.500. The molecular formula is C12H17N3O2. The van der Waals surface area contributed by atoms with Crippen LogP contribution in [0.2, 0.25) is 0 Å². The van der Waals surface area contributed by atoms with Crippen molar-refractivity contribution in [1.82, 2.24) is 15.6 Å². The Kier molecular flexibility index (Phi) is 4.06. The van der Waals surface area contributed by atoms with Crippen molar-refractivity contribution in [3.63, 3.8) is 0 Å². The quantitative estimate of drug-likeness (QED) is 0.788. The summed E-state index contributed by atoms with van der Waals surface area (Å²) in [6, 6.07) is 3.75. The molecule has 2 N–H and O–H groups in total. The number of carbonyl (C=O) groups is 1. The van der Waals surface area contributed by atoms with Gasteiger partial charge in [0.15, 0.2) is 0 Å². The zero-order valence-electron chi connectivity index (χ0n) is 9.85. The van der Waals surface area contributed by atoms with Gasteiger partial charge in [0, 0.05) is 25.5 Å². The number of amides is 1. The Morgan fingerprint density at radius 2 is 2.59 bits per heavy atom. The van der Waals surface area contributed by atoms with Crippen LogP contribution in [0.3, 0.4) is 0 Å². The SMILES string of the molecule is C[C@H](NC(=O)C1CNCCO1)c1cccnc1. The summed E-state index contributed by atoms with van der Waals surface area (Å²) in [4.78, 5) is 15.9. The first-order valence-electron chi connectivity index (χ1n) is 5.80. The Balaban J connectivity index is 1.89. The first-order chi connectivity index (χ1) is 8.27. The summed E-state index contributed by atoms with van der Waals surface area (Å²) in [7, 11) is 0. The van der Waals surface area contributed by atoms with Gasteiger partial charge in [-0.15, -0.1) is 0 Å². The number of rotatable bonds is 3. The highest BCUT2D eigenvalue weighted by molar-refractivity contribution is 5.81. The number of ether oxygens (including phenoxy) is 1. The van der Waals surface area contributed by atoms with Crippen LogP contribution >= 0.6 is 0 Å². The molecule has 1 saturated heterocycles. The third kappa shape index (κ3) is 3.25. The Morgan fingerprint density at radius 1 is 1.71 bits per heavy atom. The molecule has 5 nitrogen and oxygen atoms in total. The van der Waals surface area contributed by atoms with Crippen LogP contribution in [0.5, 0.6) is 0 Å². The highest BCUT2D eigenvalue weighted by atomic mass is 16.5. The fourth-order valence-electron chi connectivity index (χ4n) is 1.76. The second-order valence-electron chi connectivity index (χ2n) is 4.08. The van der Waals surface area contributed by atoms with Crippen molar-refractivity contribution in [3.8, 4) is 0 Å². The molecule has 1 unspecified atom stereocenters. The minimum atomic E-state index is -0.386. The highest BCUT2D eigenvalue weighted by Gasteiger charge is 2.23.